The number of rotatable bonds is 4. The molecular formula is C13H20FN3. The van der Waals surface area contributed by atoms with Crippen molar-refractivity contribution < 1.29 is 4.39 Å². The molecular weight excluding hydrogens is 217 g/mol. The van der Waals surface area contributed by atoms with Crippen molar-refractivity contribution in [2.45, 2.75) is 27.3 Å². The van der Waals surface area contributed by atoms with E-state index in [1.54, 1.807) is 13.0 Å². The fourth-order valence-corrected chi connectivity index (χ4v) is 1.28. The Morgan fingerprint density at radius 1 is 1.47 bits per heavy atom. The number of aryl methyl sites for hydroxylation is 1. The molecule has 0 saturated carbocycles. The van der Waals surface area contributed by atoms with Gasteiger partial charge in [0.05, 0.1) is 6.54 Å². The number of benzene rings is 1. The summed E-state index contributed by atoms with van der Waals surface area (Å²) in [5.74, 6) is 0.715. The van der Waals surface area contributed by atoms with Crippen molar-refractivity contribution in [3.8, 4) is 0 Å². The maximum atomic E-state index is 13.3. The molecule has 17 heavy (non-hydrogen) atoms. The molecule has 1 rings (SSSR count). The minimum Gasteiger partial charge on any atom is -0.370 e. The summed E-state index contributed by atoms with van der Waals surface area (Å²) in [6.07, 6.45) is 0. The third kappa shape index (κ3) is 4.85. The van der Waals surface area contributed by atoms with Crippen LogP contribution in [-0.4, -0.2) is 12.5 Å². The smallest absolute Gasteiger partial charge is 0.188 e. The van der Waals surface area contributed by atoms with Crippen molar-refractivity contribution >= 4 is 5.96 Å². The minimum atomic E-state index is -0.202. The summed E-state index contributed by atoms with van der Waals surface area (Å²) in [5.41, 5.74) is 7.15. The summed E-state index contributed by atoms with van der Waals surface area (Å²) >= 11 is 0. The van der Waals surface area contributed by atoms with E-state index in [0.717, 1.165) is 12.1 Å². The second kappa shape index (κ2) is 6.23. The molecule has 0 unspecified atom stereocenters. The number of halogens is 1. The molecule has 0 atom stereocenters. The summed E-state index contributed by atoms with van der Waals surface area (Å²) in [5, 5.41) is 3.01. The highest BCUT2D eigenvalue weighted by Crippen LogP contribution is 2.09. The van der Waals surface area contributed by atoms with Crippen LogP contribution >= 0.6 is 0 Å². The van der Waals surface area contributed by atoms with Gasteiger partial charge < -0.3 is 11.1 Å². The SMILES string of the molecule is Cc1ccc(CN=C(N)NCC(C)C)cc1F. The molecule has 4 heteroatoms. The highest BCUT2D eigenvalue weighted by Gasteiger charge is 1.99. The van der Waals surface area contributed by atoms with Crippen LogP contribution in [0.2, 0.25) is 0 Å². The lowest BCUT2D eigenvalue weighted by Gasteiger charge is -2.08. The highest BCUT2D eigenvalue weighted by molar-refractivity contribution is 5.77. The summed E-state index contributed by atoms with van der Waals surface area (Å²) in [7, 11) is 0. The van der Waals surface area contributed by atoms with E-state index in [9.17, 15) is 4.39 Å². The normalized spacial score (nSPS) is 11.9. The zero-order chi connectivity index (χ0) is 12.8. The molecule has 0 fully saturated rings. The van der Waals surface area contributed by atoms with E-state index < -0.39 is 0 Å². The van der Waals surface area contributed by atoms with Crippen molar-refractivity contribution in [1.82, 2.24) is 5.32 Å². The van der Waals surface area contributed by atoms with E-state index in [1.165, 1.54) is 6.07 Å². The average molecular weight is 237 g/mol. The molecule has 0 heterocycles. The molecule has 0 aliphatic rings. The largest absolute Gasteiger partial charge is 0.370 e. The maximum Gasteiger partial charge on any atom is 0.188 e. The van der Waals surface area contributed by atoms with Gasteiger partial charge >= 0.3 is 0 Å². The number of guanidine groups is 1. The van der Waals surface area contributed by atoms with Gasteiger partial charge in [-0.05, 0) is 30.0 Å². The van der Waals surface area contributed by atoms with Crippen LogP contribution in [0.15, 0.2) is 23.2 Å². The van der Waals surface area contributed by atoms with Gasteiger partial charge in [0, 0.05) is 6.54 Å². The number of nitrogens with zero attached hydrogens (tertiary/aromatic N) is 1. The third-order valence-electron chi connectivity index (χ3n) is 2.36. The predicted molar refractivity (Wildman–Crippen MR) is 69.3 cm³/mol. The molecule has 1 aromatic carbocycles. The molecule has 3 N–H and O–H groups in total. The number of hydrogen-bond donors (Lipinski definition) is 2. The summed E-state index contributed by atoms with van der Waals surface area (Å²) in [6.45, 7) is 7.11. The Labute approximate surface area is 102 Å². The molecule has 0 aromatic heterocycles. The van der Waals surface area contributed by atoms with E-state index in [4.69, 9.17) is 5.73 Å². The van der Waals surface area contributed by atoms with Gasteiger partial charge in [-0.15, -0.1) is 0 Å². The highest BCUT2D eigenvalue weighted by atomic mass is 19.1. The fourth-order valence-electron chi connectivity index (χ4n) is 1.28. The van der Waals surface area contributed by atoms with Gasteiger partial charge in [-0.3, -0.25) is 0 Å². The van der Waals surface area contributed by atoms with Gasteiger partial charge in [0.2, 0.25) is 0 Å². The second-order valence-electron chi connectivity index (χ2n) is 4.56. The summed E-state index contributed by atoms with van der Waals surface area (Å²) < 4.78 is 13.3. The van der Waals surface area contributed by atoms with Gasteiger partial charge in [0.1, 0.15) is 5.82 Å². The topological polar surface area (TPSA) is 50.4 Å². The first-order chi connectivity index (χ1) is 7.99. The van der Waals surface area contributed by atoms with E-state index in [1.807, 2.05) is 6.07 Å². The zero-order valence-electron chi connectivity index (χ0n) is 10.6. The van der Waals surface area contributed by atoms with Crippen LogP contribution in [-0.2, 0) is 6.54 Å². The molecule has 0 radical (unpaired) electrons. The standard InChI is InChI=1S/C13H20FN3/c1-9(2)7-16-13(15)17-8-11-5-4-10(3)12(14)6-11/h4-6,9H,7-8H2,1-3H3,(H3,15,16,17). The van der Waals surface area contributed by atoms with Crippen LogP contribution in [0.4, 0.5) is 4.39 Å². The second-order valence-corrected chi connectivity index (χ2v) is 4.56. The molecule has 0 spiro atoms. The number of nitrogens with two attached hydrogens (primary N) is 1. The zero-order valence-corrected chi connectivity index (χ0v) is 10.6. The van der Waals surface area contributed by atoms with E-state index in [0.29, 0.717) is 24.0 Å². The molecule has 0 bridgehead atoms. The molecule has 94 valence electrons. The van der Waals surface area contributed by atoms with Crippen molar-refractivity contribution in [2.75, 3.05) is 6.54 Å². The van der Waals surface area contributed by atoms with E-state index in [2.05, 4.69) is 24.2 Å². The lowest BCUT2D eigenvalue weighted by molar-refractivity contribution is 0.615. The van der Waals surface area contributed by atoms with Gasteiger partial charge in [-0.25, -0.2) is 9.38 Å². The summed E-state index contributed by atoms with van der Waals surface area (Å²) in [4.78, 5) is 4.15. The average Bonchev–Trinajstić information content (AvgIpc) is 2.28. The van der Waals surface area contributed by atoms with Crippen LogP contribution in [0.1, 0.15) is 25.0 Å². The quantitative estimate of drug-likeness (QED) is 0.623. The Hall–Kier alpha value is -1.58. The van der Waals surface area contributed by atoms with Crippen molar-refractivity contribution in [3.63, 3.8) is 0 Å². The Morgan fingerprint density at radius 3 is 2.76 bits per heavy atom. The third-order valence-corrected chi connectivity index (χ3v) is 2.36. The molecule has 0 amide bonds. The fraction of sp³-hybridized carbons (Fsp3) is 0.462. The number of nitrogens with one attached hydrogen (secondary N) is 1. The number of aliphatic imine (C=N–C) groups is 1. The molecule has 0 saturated heterocycles. The Bertz CT molecular complexity index is 400. The molecule has 0 aliphatic carbocycles. The first kappa shape index (κ1) is 13.5. The lowest BCUT2D eigenvalue weighted by atomic mass is 10.1. The van der Waals surface area contributed by atoms with Crippen LogP contribution in [0.3, 0.4) is 0 Å². The Balaban J connectivity index is 2.53. The maximum absolute atomic E-state index is 13.3. The molecule has 3 nitrogen and oxygen atoms in total. The Kier molecular flexibility index (Phi) is 4.94. The van der Waals surface area contributed by atoms with Crippen LogP contribution in [0.5, 0.6) is 0 Å². The van der Waals surface area contributed by atoms with Crippen LogP contribution in [0, 0.1) is 18.7 Å². The molecule has 1 aromatic rings. The van der Waals surface area contributed by atoms with Gasteiger partial charge in [0.15, 0.2) is 5.96 Å². The van der Waals surface area contributed by atoms with E-state index in [-0.39, 0.29) is 5.82 Å². The number of hydrogen-bond acceptors (Lipinski definition) is 1. The van der Waals surface area contributed by atoms with Crippen LogP contribution < -0.4 is 11.1 Å². The minimum absolute atomic E-state index is 0.202. The van der Waals surface area contributed by atoms with Crippen LogP contribution in [0.25, 0.3) is 0 Å². The van der Waals surface area contributed by atoms with Crippen molar-refractivity contribution in [2.24, 2.45) is 16.6 Å². The predicted octanol–water partition coefficient (Wildman–Crippen LogP) is 2.19. The van der Waals surface area contributed by atoms with Gasteiger partial charge in [-0.1, -0.05) is 26.0 Å². The van der Waals surface area contributed by atoms with Crippen molar-refractivity contribution in [3.05, 3.63) is 35.1 Å². The van der Waals surface area contributed by atoms with Crippen molar-refractivity contribution in [1.29, 1.82) is 0 Å². The van der Waals surface area contributed by atoms with Gasteiger partial charge in [0.25, 0.3) is 0 Å². The van der Waals surface area contributed by atoms with E-state index >= 15 is 0 Å². The van der Waals surface area contributed by atoms with Gasteiger partial charge in [-0.2, -0.15) is 0 Å². The Morgan fingerprint density at radius 2 is 2.18 bits per heavy atom. The summed E-state index contributed by atoms with van der Waals surface area (Å²) in [6, 6.07) is 5.10. The monoisotopic (exact) mass is 237 g/mol. The lowest BCUT2D eigenvalue weighted by Crippen LogP contribution is -2.34. The first-order valence-corrected chi connectivity index (χ1v) is 5.78. The molecule has 0 aliphatic heterocycles. The first-order valence-electron chi connectivity index (χ1n) is 5.78.